The number of alkyl carbamates (subject to hydrolysis) is 1. The Morgan fingerprint density at radius 3 is 2.90 bits per heavy atom. The van der Waals surface area contributed by atoms with Gasteiger partial charge in [-0.3, -0.25) is 14.2 Å². The van der Waals surface area contributed by atoms with Crippen LogP contribution in [-0.4, -0.2) is 59.0 Å². The van der Waals surface area contributed by atoms with Crippen molar-refractivity contribution in [1.82, 2.24) is 39.8 Å². The molecule has 0 saturated heterocycles. The highest BCUT2D eigenvalue weighted by atomic mass is 32.2. The maximum Gasteiger partial charge on any atom is 0.408 e. The SMILES string of the molecule is [2H]C1([2H])C([2H])([2H])C([2H])([2H])C([2H])(Sc2nnc(COc3ccc(C#CCOC(=O)NCCc4ncnn4C)c(C)c3)n2-c2cccnc2)C1([2H])[2H]. The summed E-state index contributed by atoms with van der Waals surface area (Å²) in [7, 11) is 1.76. The molecule has 0 bridgehead atoms. The van der Waals surface area contributed by atoms with Crippen molar-refractivity contribution in [3.05, 3.63) is 71.8 Å². The van der Waals surface area contributed by atoms with Crippen LogP contribution in [0.15, 0.2) is 54.2 Å². The predicted octanol–water partition coefficient (Wildman–Crippen LogP) is 4.03. The Bertz CT molecular complexity index is 1900. The Kier molecular flexibility index (Phi) is 6.36. The van der Waals surface area contributed by atoms with Gasteiger partial charge in [-0.15, -0.1) is 10.2 Å². The van der Waals surface area contributed by atoms with Gasteiger partial charge in [0.15, 0.2) is 17.6 Å². The third-order valence-electron chi connectivity index (χ3n) is 5.70. The van der Waals surface area contributed by atoms with Crippen molar-refractivity contribution in [3.8, 4) is 23.3 Å². The first-order valence-electron chi connectivity index (χ1n) is 16.9. The summed E-state index contributed by atoms with van der Waals surface area (Å²) in [6.45, 7) is 1.83. The number of hydrogen-bond donors (Lipinski definition) is 1. The largest absolute Gasteiger partial charge is 0.486 e. The first kappa shape index (κ1) is 18.9. The van der Waals surface area contributed by atoms with Crippen molar-refractivity contribution in [2.45, 2.75) is 55.8 Å². The van der Waals surface area contributed by atoms with Crippen molar-refractivity contribution in [2.24, 2.45) is 7.05 Å². The van der Waals surface area contributed by atoms with Crippen LogP contribution in [0.2, 0.25) is 0 Å². The van der Waals surface area contributed by atoms with Crippen molar-refractivity contribution in [1.29, 1.82) is 0 Å². The topological polar surface area (TPSA) is 122 Å². The maximum absolute atomic E-state index is 11.9. The first-order valence-corrected chi connectivity index (χ1v) is 13.3. The number of carbonyl (C=O) groups is 1. The molecule has 1 saturated carbocycles. The second kappa shape index (κ2) is 13.8. The fourth-order valence-corrected chi connectivity index (χ4v) is 4.45. The quantitative estimate of drug-likeness (QED) is 0.277. The minimum absolute atomic E-state index is 0.129. The molecule has 3 heterocycles. The van der Waals surface area contributed by atoms with E-state index in [1.807, 2.05) is 6.92 Å². The molecule has 1 fully saturated rings. The predicted molar refractivity (Wildman–Crippen MR) is 154 cm³/mol. The van der Waals surface area contributed by atoms with Gasteiger partial charge >= 0.3 is 6.09 Å². The van der Waals surface area contributed by atoms with Gasteiger partial charge in [0, 0.05) is 49.3 Å². The number of aryl methyl sites for hydroxylation is 2. The van der Waals surface area contributed by atoms with Crippen LogP contribution in [0.4, 0.5) is 4.79 Å². The zero-order valence-electron chi connectivity index (χ0n) is 31.2. The number of amides is 1. The van der Waals surface area contributed by atoms with E-state index < -0.39 is 36.8 Å². The smallest absolute Gasteiger partial charge is 0.408 e. The van der Waals surface area contributed by atoms with Gasteiger partial charge in [0.25, 0.3) is 0 Å². The van der Waals surface area contributed by atoms with Gasteiger partial charge in [0.05, 0.1) is 11.9 Å². The number of thioether (sulfide) groups is 1. The molecule has 0 atom stereocenters. The van der Waals surface area contributed by atoms with Crippen LogP contribution in [0.25, 0.3) is 5.69 Å². The third kappa shape index (κ3) is 7.64. The van der Waals surface area contributed by atoms with Crippen molar-refractivity contribution in [3.63, 3.8) is 0 Å². The average Bonchev–Trinajstić information content (AvgIpc) is 3.68. The average molecular weight is 582 g/mol. The molecular weight excluding hydrogens is 540 g/mol. The fraction of sp³-hybridized carbons (Fsp3) is 0.379. The second-order valence-electron chi connectivity index (χ2n) is 8.50. The molecule has 5 rings (SSSR count). The minimum atomic E-state index is -3.35. The monoisotopic (exact) mass is 581 g/mol. The highest BCUT2D eigenvalue weighted by Gasteiger charge is 2.22. The summed E-state index contributed by atoms with van der Waals surface area (Å²) in [5.74, 6) is 7.08. The van der Waals surface area contributed by atoms with Crippen LogP contribution in [0.5, 0.6) is 5.75 Å². The number of rotatable bonds is 10. The van der Waals surface area contributed by atoms with E-state index in [9.17, 15) is 4.79 Å². The Hall–Kier alpha value is -4.37. The normalized spacial score (nSPS) is 22.0. The number of ether oxygens (including phenoxy) is 2. The lowest BCUT2D eigenvalue weighted by Crippen LogP contribution is -2.27. The van der Waals surface area contributed by atoms with E-state index in [1.54, 1.807) is 42.1 Å². The van der Waals surface area contributed by atoms with E-state index in [0.29, 0.717) is 30.0 Å². The molecule has 1 amide bonds. The summed E-state index contributed by atoms with van der Waals surface area (Å²) in [6, 6.07) is 8.36. The summed E-state index contributed by atoms with van der Waals surface area (Å²) in [6.07, 6.45) is -9.01. The van der Waals surface area contributed by atoms with E-state index in [4.69, 9.17) is 21.8 Å². The molecule has 212 valence electrons. The highest BCUT2D eigenvalue weighted by molar-refractivity contribution is 7.99. The molecule has 1 aliphatic carbocycles. The number of nitrogens with zero attached hydrogens (tertiary/aromatic N) is 7. The third-order valence-corrected chi connectivity index (χ3v) is 6.55. The van der Waals surface area contributed by atoms with Gasteiger partial charge in [-0.2, -0.15) is 5.10 Å². The molecule has 0 unspecified atom stereocenters. The van der Waals surface area contributed by atoms with Crippen molar-refractivity contribution < 1.29 is 26.6 Å². The van der Waals surface area contributed by atoms with Crippen LogP contribution >= 0.6 is 11.8 Å². The first-order chi connectivity index (χ1) is 23.4. The summed E-state index contributed by atoms with van der Waals surface area (Å²) in [4.78, 5) is 20.1. The zero-order valence-corrected chi connectivity index (χ0v) is 23.0. The van der Waals surface area contributed by atoms with Gasteiger partial charge in [-0.05, 0) is 55.6 Å². The minimum Gasteiger partial charge on any atom is -0.486 e. The molecule has 1 N–H and O–H groups in total. The number of benzene rings is 1. The van der Waals surface area contributed by atoms with Crippen LogP contribution in [-0.2, 0) is 24.8 Å². The van der Waals surface area contributed by atoms with Crippen LogP contribution in [0, 0.1) is 18.8 Å². The number of carbonyl (C=O) groups excluding carboxylic acids is 1. The van der Waals surface area contributed by atoms with Crippen molar-refractivity contribution in [2.75, 3.05) is 13.2 Å². The molecule has 12 heteroatoms. The molecule has 4 aromatic rings. The lowest BCUT2D eigenvalue weighted by atomic mass is 10.1. The molecule has 41 heavy (non-hydrogen) atoms. The van der Waals surface area contributed by atoms with E-state index in [0.717, 1.165) is 11.4 Å². The number of pyridine rings is 1. The molecule has 3 aromatic heterocycles. The fourth-order valence-electron chi connectivity index (χ4n) is 3.68. The zero-order chi connectivity index (χ0) is 36.5. The molecule has 11 nitrogen and oxygen atoms in total. The summed E-state index contributed by atoms with van der Waals surface area (Å²) in [5.41, 5.74) is 1.80. The van der Waals surface area contributed by atoms with E-state index >= 15 is 0 Å². The lowest BCUT2D eigenvalue weighted by molar-refractivity contribution is 0.160. The summed E-state index contributed by atoms with van der Waals surface area (Å²) in [5, 5.41) is 11.6. The van der Waals surface area contributed by atoms with E-state index in [2.05, 4.69) is 42.4 Å². The highest BCUT2D eigenvalue weighted by Crippen LogP contribution is 2.35. The molecule has 1 aliphatic rings. The van der Waals surface area contributed by atoms with E-state index in [-0.39, 0.29) is 36.0 Å². The van der Waals surface area contributed by atoms with Gasteiger partial charge in [0.1, 0.15) is 24.5 Å². The maximum atomic E-state index is 11.9. The molecule has 0 aliphatic heterocycles. The molecule has 1 aromatic carbocycles. The van der Waals surface area contributed by atoms with Gasteiger partial charge in [0.2, 0.25) is 0 Å². The number of nitrogens with one attached hydrogen (secondary N) is 1. The van der Waals surface area contributed by atoms with E-state index in [1.165, 1.54) is 23.3 Å². The molecule has 0 radical (unpaired) electrons. The standard InChI is InChI=1S/C29H32N8O3S/c1-21-17-24(12-11-22(21)7-6-16-39-29(38)31-15-13-26-32-20-33-36(26)2)40-19-27-34-35-28(41-25-9-3-4-10-25)37(27)23-8-5-14-30-18-23/h5,8,11-12,14,17-18,20,25H,3-4,9-10,13,15-16,19H2,1-2H3,(H,31,38)/i3D2,4D2,9D2,10D2,25D. The summed E-state index contributed by atoms with van der Waals surface area (Å²) >= 11 is 0.242. The van der Waals surface area contributed by atoms with Crippen LogP contribution in [0.1, 0.15) is 60.6 Å². The van der Waals surface area contributed by atoms with Crippen LogP contribution < -0.4 is 10.1 Å². The summed E-state index contributed by atoms with van der Waals surface area (Å²) < 4.78 is 89.1. The Balaban J connectivity index is 1.27. The lowest BCUT2D eigenvalue weighted by Gasteiger charge is -2.13. The van der Waals surface area contributed by atoms with Gasteiger partial charge in [-0.1, -0.05) is 36.3 Å². The van der Waals surface area contributed by atoms with Crippen LogP contribution in [0.3, 0.4) is 0 Å². The molecular formula is C29H32N8O3S. The van der Waals surface area contributed by atoms with Gasteiger partial charge < -0.3 is 14.8 Å². The Morgan fingerprint density at radius 1 is 1.27 bits per heavy atom. The number of aromatic nitrogens is 7. The Morgan fingerprint density at radius 2 is 2.15 bits per heavy atom. The van der Waals surface area contributed by atoms with Gasteiger partial charge in [-0.25, -0.2) is 9.78 Å². The Labute approximate surface area is 255 Å². The number of hydrogen-bond acceptors (Lipinski definition) is 9. The molecule has 0 spiro atoms. The van der Waals surface area contributed by atoms with Crippen molar-refractivity contribution >= 4 is 17.9 Å². The second-order valence-corrected chi connectivity index (χ2v) is 9.47.